The van der Waals surface area contributed by atoms with Gasteiger partial charge in [0.05, 0.1) is 6.04 Å². The van der Waals surface area contributed by atoms with Crippen LogP contribution in [0, 0.1) is 0 Å². The van der Waals surface area contributed by atoms with E-state index in [1.165, 1.54) is 0 Å². The molecule has 0 saturated carbocycles. The Hall–Kier alpha value is -0.890. The standard InChI is InChI=1S/C11H17NO.3C2H6/c1-5-6-10-8(2)7-12(4)9(3)11(10)13;3*1-2/h6,9H,2,5,7H2,1,3-4H3;3*1-2H3/b10-6+;;;. The zero-order valence-corrected chi connectivity index (χ0v) is 14.6. The van der Waals surface area contributed by atoms with Crippen molar-refractivity contribution >= 4 is 5.78 Å². The molecular weight excluding hydrogens is 234 g/mol. The number of rotatable bonds is 1. The molecule has 0 aromatic carbocycles. The molecule has 1 rings (SSSR count). The Morgan fingerprint density at radius 1 is 1.21 bits per heavy atom. The molecule has 2 nitrogen and oxygen atoms in total. The molecule has 2 heteroatoms. The van der Waals surface area contributed by atoms with Crippen LogP contribution < -0.4 is 0 Å². The fourth-order valence-corrected chi connectivity index (χ4v) is 1.57. The van der Waals surface area contributed by atoms with E-state index in [1.807, 2.05) is 73.4 Å². The number of likely N-dealkylation sites (tertiary alicyclic amines) is 1. The molecule has 0 aromatic rings. The number of hydrogen-bond donors (Lipinski definition) is 0. The van der Waals surface area contributed by atoms with Crippen LogP contribution >= 0.6 is 0 Å². The van der Waals surface area contributed by atoms with Crippen LogP contribution in [0.4, 0.5) is 0 Å². The van der Waals surface area contributed by atoms with Gasteiger partial charge in [-0.15, -0.1) is 0 Å². The van der Waals surface area contributed by atoms with Crippen molar-refractivity contribution in [2.24, 2.45) is 0 Å². The van der Waals surface area contributed by atoms with Gasteiger partial charge in [0.2, 0.25) is 0 Å². The fourth-order valence-electron chi connectivity index (χ4n) is 1.57. The zero-order valence-electron chi connectivity index (χ0n) is 14.6. The van der Waals surface area contributed by atoms with Crippen molar-refractivity contribution in [2.45, 2.75) is 67.9 Å². The van der Waals surface area contributed by atoms with E-state index in [2.05, 4.69) is 6.58 Å². The monoisotopic (exact) mass is 269 g/mol. The third-order valence-electron chi connectivity index (χ3n) is 2.54. The van der Waals surface area contributed by atoms with Gasteiger partial charge in [-0.2, -0.15) is 0 Å². The lowest BCUT2D eigenvalue weighted by Crippen LogP contribution is -2.43. The van der Waals surface area contributed by atoms with Crippen LogP contribution in [0.3, 0.4) is 0 Å². The summed E-state index contributed by atoms with van der Waals surface area (Å²) in [5, 5.41) is 0. The lowest BCUT2D eigenvalue weighted by atomic mass is 9.92. The van der Waals surface area contributed by atoms with Gasteiger partial charge >= 0.3 is 0 Å². The molecule has 0 aromatic heterocycles. The number of likely N-dealkylation sites (N-methyl/N-ethyl adjacent to an activating group) is 1. The number of nitrogens with zero attached hydrogens (tertiary/aromatic N) is 1. The summed E-state index contributed by atoms with van der Waals surface area (Å²) in [6.45, 7) is 20.7. The summed E-state index contributed by atoms with van der Waals surface area (Å²) < 4.78 is 0. The van der Waals surface area contributed by atoms with Gasteiger partial charge in [0.1, 0.15) is 0 Å². The predicted molar refractivity (Wildman–Crippen MR) is 88.7 cm³/mol. The van der Waals surface area contributed by atoms with Crippen molar-refractivity contribution in [2.75, 3.05) is 13.6 Å². The summed E-state index contributed by atoms with van der Waals surface area (Å²) in [7, 11) is 1.95. The average Bonchev–Trinajstić information content (AvgIpc) is 2.48. The van der Waals surface area contributed by atoms with Crippen molar-refractivity contribution < 1.29 is 4.79 Å². The number of carbonyl (C=O) groups excluding carboxylic acids is 1. The van der Waals surface area contributed by atoms with Crippen molar-refractivity contribution in [1.29, 1.82) is 0 Å². The van der Waals surface area contributed by atoms with E-state index in [1.54, 1.807) is 0 Å². The average molecular weight is 269 g/mol. The molecule has 0 N–H and O–H groups in total. The third-order valence-corrected chi connectivity index (χ3v) is 2.54. The van der Waals surface area contributed by atoms with E-state index in [4.69, 9.17) is 0 Å². The van der Waals surface area contributed by atoms with Gasteiger partial charge in [0.25, 0.3) is 0 Å². The summed E-state index contributed by atoms with van der Waals surface area (Å²) in [5.74, 6) is 0.209. The minimum atomic E-state index is 0.00306. The molecule has 0 bridgehead atoms. The van der Waals surface area contributed by atoms with Gasteiger partial charge in [-0.25, -0.2) is 0 Å². The van der Waals surface area contributed by atoms with E-state index < -0.39 is 0 Å². The van der Waals surface area contributed by atoms with Crippen LogP contribution in [0.1, 0.15) is 61.8 Å². The minimum absolute atomic E-state index is 0.00306. The zero-order chi connectivity index (χ0) is 16.0. The van der Waals surface area contributed by atoms with Gasteiger partial charge in [0.15, 0.2) is 5.78 Å². The second-order valence-electron chi connectivity index (χ2n) is 3.58. The number of Topliss-reactive ketones (excluding diaryl/α,β-unsaturated/α-hetero) is 1. The smallest absolute Gasteiger partial charge is 0.179 e. The van der Waals surface area contributed by atoms with E-state index in [0.717, 1.165) is 24.1 Å². The SMILES string of the molecule is C=C1CN(C)C(C)C(=O)/C1=C/CC.CC.CC.CC. The van der Waals surface area contributed by atoms with Gasteiger partial charge in [-0.05, 0) is 26.0 Å². The molecule has 0 radical (unpaired) electrons. The number of hydrogen-bond acceptors (Lipinski definition) is 2. The molecule has 1 fully saturated rings. The molecule has 114 valence electrons. The summed E-state index contributed by atoms with van der Waals surface area (Å²) >= 11 is 0. The van der Waals surface area contributed by atoms with Crippen LogP contribution in [0.2, 0.25) is 0 Å². The van der Waals surface area contributed by atoms with E-state index in [9.17, 15) is 4.79 Å². The Morgan fingerprint density at radius 2 is 1.63 bits per heavy atom. The molecule has 0 aliphatic carbocycles. The Bertz CT molecular complexity index is 266. The van der Waals surface area contributed by atoms with Gasteiger partial charge in [0, 0.05) is 12.1 Å². The molecule has 1 unspecified atom stereocenters. The van der Waals surface area contributed by atoms with Gasteiger partial charge in [-0.3, -0.25) is 9.69 Å². The van der Waals surface area contributed by atoms with Crippen molar-refractivity contribution in [3.63, 3.8) is 0 Å². The quantitative estimate of drug-likeness (QED) is 0.634. The van der Waals surface area contributed by atoms with Crippen LogP contribution in [0.5, 0.6) is 0 Å². The Balaban J connectivity index is -0.000000375. The number of allylic oxidation sites excluding steroid dienone is 1. The molecule has 1 heterocycles. The summed E-state index contributed by atoms with van der Waals surface area (Å²) in [6.07, 6.45) is 2.88. The molecule has 0 spiro atoms. The molecule has 0 amide bonds. The number of piperidine rings is 1. The maximum absolute atomic E-state index is 11.8. The first kappa shape index (κ1) is 23.2. The summed E-state index contributed by atoms with van der Waals surface area (Å²) in [4.78, 5) is 13.8. The van der Waals surface area contributed by atoms with E-state index >= 15 is 0 Å². The summed E-state index contributed by atoms with van der Waals surface area (Å²) in [5.41, 5.74) is 1.79. The highest BCUT2D eigenvalue weighted by Crippen LogP contribution is 2.21. The second kappa shape index (κ2) is 15.2. The van der Waals surface area contributed by atoms with E-state index in [-0.39, 0.29) is 11.8 Å². The molecule has 19 heavy (non-hydrogen) atoms. The number of ketones is 1. The lowest BCUT2D eigenvalue weighted by Gasteiger charge is -2.31. The fraction of sp³-hybridized carbons (Fsp3) is 0.706. The highest BCUT2D eigenvalue weighted by atomic mass is 16.1. The van der Waals surface area contributed by atoms with Gasteiger partial charge < -0.3 is 0 Å². The molecular formula is C17H35NO. The van der Waals surface area contributed by atoms with Crippen molar-refractivity contribution in [3.05, 3.63) is 23.8 Å². The molecule has 1 aliphatic rings. The predicted octanol–water partition coefficient (Wildman–Crippen LogP) is 4.86. The van der Waals surface area contributed by atoms with Crippen LogP contribution in [0.25, 0.3) is 0 Å². The first-order chi connectivity index (χ1) is 9.07. The van der Waals surface area contributed by atoms with Crippen LogP contribution in [-0.4, -0.2) is 30.3 Å². The largest absolute Gasteiger partial charge is 0.292 e. The van der Waals surface area contributed by atoms with Crippen molar-refractivity contribution in [1.82, 2.24) is 4.90 Å². The molecule has 1 saturated heterocycles. The first-order valence-electron chi connectivity index (χ1n) is 7.70. The Labute approximate surface area is 121 Å². The van der Waals surface area contributed by atoms with Gasteiger partial charge in [-0.1, -0.05) is 61.1 Å². The first-order valence-corrected chi connectivity index (χ1v) is 7.70. The maximum atomic E-state index is 11.8. The van der Waals surface area contributed by atoms with Crippen LogP contribution in [0.15, 0.2) is 23.8 Å². The third kappa shape index (κ3) is 7.99. The Kier molecular flexibility index (Phi) is 18.5. The second-order valence-corrected chi connectivity index (χ2v) is 3.58. The lowest BCUT2D eigenvalue weighted by molar-refractivity contribution is -0.120. The topological polar surface area (TPSA) is 20.3 Å². The molecule has 1 atom stereocenters. The molecule has 1 aliphatic heterocycles. The highest BCUT2D eigenvalue weighted by molar-refractivity contribution is 6.03. The minimum Gasteiger partial charge on any atom is -0.292 e. The van der Waals surface area contributed by atoms with E-state index in [0.29, 0.717) is 0 Å². The summed E-state index contributed by atoms with van der Waals surface area (Å²) in [6, 6.07) is 0.00306. The maximum Gasteiger partial charge on any atom is 0.179 e. The normalized spacial score (nSPS) is 20.5. The number of carbonyl (C=O) groups is 1. The highest BCUT2D eigenvalue weighted by Gasteiger charge is 2.28. The van der Waals surface area contributed by atoms with Crippen molar-refractivity contribution in [3.8, 4) is 0 Å². The van der Waals surface area contributed by atoms with Crippen LogP contribution in [-0.2, 0) is 4.79 Å². The Morgan fingerprint density at radius 3 is 2.00 bits per heavy atom.